The first-order chi connectivity index (χ1) is 11.6. The lowest BCUT2D eigenvalue weighted by molar-refractivity contribution is 0.114. The van der Waals surface area contributed by atoms with Crippen LogP contribution in [0, 0.1) is 5.92 Å². The Hall–Kier alpha value is -0.120. The van der Waals surface area contributed by atoms with Gasteiger partial charge in [0, 0.05) is 6.04 Å². The van der Waals surface area contributed by atoms with E-state index < -0.39 is 0 Å². The van der Waals surface area contributed by atoms with E-state index in [2.05, 4.69) is 43.1 Å². The topological polar surface area (TPSA) is 18.5 Å². The Kier molecular flexibility index (Phi) is 20.9. The van der Waals surface area contributed by atoms with Crippen molar-refractivity contribution >= 4 is 0 Å². The molecule has 24 heavy (non-hydrogen) atoms. The first-order valence-electron chi connectivity index (χ1n) is 10.6. The monoisotopic (exact) mass is 343 g/mol. The van der Waals surface area contributed by atoms with Crippen molar-refractivity contribution in [2.75, 3.05) is 47.8 Å². The smallest absolute Gasteiger partial charge is 0.0118 e. The fraction of sp³-hybridized carbons (Fsp3) is 1.00. The molecule has 3 heteroatoms. The van der Waals surface area contributed by atoms with Gasteiger partial charge in [-0.05, 0) is 85.8 Å². The van der Waals surface area contributed by atoms with Crippen molar-refractivity contribution in [3.63, 3.8) is 0 Å². The molecule has 2 fully saturated rings. The summed E-state index contributed by atoms with van der Waals surface area (Å²) in [6, 6.07) is 0.869. The Morgan fingerprint density at radius 3 is 1.67 bits per heavy atom. The molecule has 2 aliphatic heterocycles. The zero-order valence-electron chi connectivity index (χ0n) is 18.3. The highest BCUT2D eigenvalue weighted by molar-refractivity contribution is 4.80. The second kappa shape index (κ2) is 19.2. The van der Waals surface area contributed by atoms with Gasteiger partial charge in [0.05, 0.1) is 0 Å². The first-order valence-corrected chi connectivity index (χ1v) is 10.6. The first kappa shape index (κ1) is 26.1. The van der Waals surface area contributed by atoms with Gasteiger partial charge < -0.3 is 15.1 Å². The molecule has 3 nitrogen and oxygen atoms in total. The SMILES string of the molecule is CC.CCC1CCCN(C)C1CC.CN1CCCCCC1.CNC. The van der Waals surface area contributed by atoms with Crippen LogP contribution in [-0.2, 0) is 0 Å². The third-order valence-electron chi connectivity index (χ3n) is 4.97. The Labute approximate surface area is 154 Å². The third kappa shape index (κ3) is 13.2. The molecule has 2 aliphatic rings. The van der Waals surface area contributed by atoms with Gasteiger partial charge in [-0.2, -0.15) is 0 Å². The fourth-order valence-electron chi connectivity index (χ4n) is 3.67. The quantitative estimate of drug-likeness (QED) is 0.771. The lowest BCUT2D eigenvalue weighted by Crippen LogP contribution is -2.41. The molecule has 0 amide bonds. The van der Waals surface area contributed by atoms with Crippen molar-refractivity contribution in [3.05, 3.63) is 0 Å². The molecule has 2 saturated heterocycles. The van der Waals surface area contributed by atoms with Crippen molar-refractivity contribution in [2.45, 2.75) is 85.1 Å². The van der Waals surface area contributed by atoms with Crippen LogP contribution in [0.3, 0.4) is 0 Å². The van der Waals surface area contributed by atoms with Crippen LogP contribution in [0.15, 0.2) is 0 Å². The summed E-state index contributed by atoms with van der Waals surface area (Å²) in [5.74, 6) is 0.971. The predicted octanol–water partition coefficient (Wildman–Crippen LogP) is 4.87. The van der Waals surface area contributed by atoms with Crippen molar-refractivity contribution in [3.8, 4) is 0 Å². The van der Waals surface area contributed by atoms with Gasteiger partial charge >= 0.3 is 0 Å². The summed E-state index contributed by atoms with van der Waals surface area (Å²) in [5, 5.41) is 2.75. The van der Waals surface area contributed by atoms with Gasteiger partial charge in [0.1, 0.15) is 0 Å². The molecule has 0 bridgehead atoms. The van der Waals surface area contributed by atoms with E-state index in [9.17, 15) is 0 Å². The van der Waals surface area contributed by atoms with Crippen LogP contribution in [0.4, 0.5) is 0 Å². The van der Waals surface area contributed by atoms with Crippen LogP contribution in [-0.4, -0.2) is 63.7 Å². The molecule has 0 radical (unpaired) electrons. The van der Waals surface area contributed by atoms with Crippen LogP contribution in [0.2, 0.25) is 0 Å². The molecule has 0 aromatic rings. The largest absolute Gasteiger partial charge is 0.323 e. The normalized spacial score (nSPS) is 25.0. The standard InChI is InChI=1S/C10H21N.C7H15N.C2H7N.C2H6/c1-4-9-7-6-8-11(3)10(9)5-2;1-8-6-4-2-3-5-7-8;1-3-2;1-2/h9-10H,4-8H2,1-3H3;2-7H2,1H3;3H,1-2H3;1-2H3. The maximum Gasteiger partial charge on any atom is 0.0118 e. The van der Waals surface area contributed by atoms with E-state index in [1.165, 1.54) is 71.0 Å². The summed E-state index contributed by atoms with van der Waals surface area (Å²) in [7, 11) is 8.24. The van der Waals surface area contributed by atoms with E-state index in [1.807, 2.05) is 27.9 Å². The number of nitrogens with one attached hydrogen (secondary N) is 1. The highest BCUT2D eigenvalue weighted by atomic mass is 15.1. The summed E-state index contributed by atoms with van der Waals surface area (Å²) >= 11 is 0. The summed E-state index contributed by atoms with van der Waals surface area (Å²) in [5.41, 5.74) is 0. The van der Waals surface area contributed by atoms with Gasteiger partial charge in [0.2, 0.25) is 0 Å². The molecule has 2 rings (SSSR count). The van der Waals surface area contributed by atoms with Gasteiger partial charge in [-0.1, -0.05) is 47.0 Å². The number of piperidine rings is 1. The Morgan fingerprint density at radius 1 is 0.792 bits per heavy atom. The molecule has 2 unspecified atom stereocenters. The molecule has 0 aromatic heterocycles. The molecule has 2 atom stereocenters. The lowest BCUT2D eigenvalue weighted by atomic mass is 9.86. The van der Waals surface area contributed by atoms with Gasteiger partial charge in [-0.3, -0.25) is 0 Å². The van der Waals surface area contributed by atoms with Crippen LogP contribution in [0.25, 0.3) is 0 Å². The summed E-state index contributed by atoms with van der Waals surface area (Å²) in [6.45, 7) is 12.6. The average molecular weight is 344 g/mol. The Morgan fingerprint density at radius 2 is 1.29 bits per heavy atom. The van der Waals surface area contributed by atoms with Crippen LogP contribution < -0.4 is 5.32 Å². The van der Waals surface area contributed by atoms with Crippen molar-refractivity contribution < 1.29 is 0 Å². The van der Waals surface area contributed by atoms with Gasteiger partial charge in [0.25, 0.3) is 0 Å². The van der Waals surface area contributed by atoms with E-state index >= 15 is 0 Å². The number of likely N-dealkylation sites (tertiary alicyclic amines) is 2. The summed E-state index contributed by atoms with van der Waals surface area (Å²) < 4.78 is 0. The Balaban J connectivity index is 0. The van der Waals surface area contributed by atoms with Crippen molar-refractivity contribution in [2.24, 2.45) is 5.92 Å². The third-order valence-corrected chi connectivity index (χ3v) is 4.97. The minimum atomic E-state index is 0.869. The number of hydrogen-bond donors (Lipinski definition) is 1. The number of hydrogen-bond acceptors (Lipinski definition) is 3. The minimum absolute atomic E-state index is 0.869. The summed E-state index contributed by atoms with van der Waals surface area (Å²) in [4.78, 5) is 4.96. The van der Waals surface area contributed by atoms with Crippen molar-refractivity contribution in [1.29, 1.82) is 0 Å². The minimum Gasteiger partial charge on any atom is -0.323 e. The van der Waals surface area contributed by atoms with E-state index in [0.717, 1.165) is 12.0 Å². The number of nitrogens with zero attached hydrogens (tertiary/aromatic N) is 2. The second-order valence-corrected chi connectivity index (χ2v) is 6.98. The molecule has 148 valence electrons. The molecule has 1 N–H and O–H groups in total. The second-order valence-electron chi connectivity index (χ2n) is 6.98. The zero-order chi connectivity index (χ0) is 18.8. The lowest BCUT2D eigenvalue weighted by Gasteiger charge is -2.38. The highest BCUT2D eigenvalue weighted by Crippen LogP contribution is 2.26. The highest BCUT2D eigenvalue weighted by Gasteiger charge is 2.25. The van der Waals surface area contributed by atoms with E-state index in [0.29, 0.717) is 0 Å². The molecular weight excluding hydrogens is 294 g/mol. The predicted molar refractivity (Wildman–Crippen MR) is 112 cm³/mol. The fourth-order valence-corrected chi connectivity index (χ4v) is 3.67. The van der Waals surface area contributed by atoms with Crippen LogP contribution in [0.5, 0.6) is 0 Å². The summed E-state index contributed by atoms with van der Waals surface area (Å²) in [6.07, 6.45) is 11.3. The van der Waals surface area contributed by atoms with Gasteiger partial charge in [-0.25, -0.2) is 0 Å². The Bertz CT molecular complexity index is 225. The average Bonchev–Trinajstić information content (AvgIpc) is 2.85. The maximum atomic E-state index is 2.75. The van der Waals surface area contributed by atoms with E-state index in [1.54, 1.807) is 0 Å². The van der Waals surface area contributed by atoms with Crippen LogP contribution >= 0.6 is 0 Å². The molecular formula is C21H49N3. The van der Waals surface area contributed by atoms with Gasteiger partial charge in [-0.15, -0.1) is 0 Å². The maximum absolute atomic E-state index is 2.75. The zero-order valence-corrected chi connectivity index (χ0v) is 18.3. The van der Waals surface area contributed by atoms with Crippen LogP contribution in [0.1, 0.15) is 79.1 Å². The van der Waals surface area contributed by atoms with Crippen molar-refractivity contribution in [1.82, 2.24) is 15.1 Å². The van der Waals surface area contributed by atoms with E-state index in [-0.39, 0.29) is 0 Å². The molecule has 0 saturated carbocycles. The molecule has 0 spiro atoms. The number of rotatable bonds is 2. The van der Waals surface area contributed by atoms with E-state index in [4.69, 9.17) is 0 Å². The molecule has 2 heterocycles. The molecule has 0 aromatic carbocycles. The van der Waals surface area contributed by atoms with Gasteiger partial charge in [0.15, 0.2) is 0 Å². The molecule has 0 aliphatic carbocycles.